The van der Waals surface area contributed by atoms with Crippen LogP contribution in [0.3, 0.4) is 0 Å². The van der Waals surface area contributed by atoms with E-state index in [4.69, 9.17) is 9.47 Å². The van der Waals surface area contributed by atoms with E-state index in [1.165, 1.54) is 14.2 Å². The molecule has 1 N–H and O–H groups in total. The number of esters is 1. The average Bonchev–Trinajstić information content (AvgIpc) is 2.84. The minimum atomic E-state index is -0.646. The summed E-state index contributed by atoms with van der Waals surface area (Å²) in [4.78, 5) is 24.4. The Morgan fingerprint density at radius 2 is 1.52 bits per heavy atom. The largest absolute Gasteiger partial charge is 0.465 e. The van der Waals surface area contributed by atoms with E-state index in [9.17, 15) is 9.59 Å². The van der Waals surface area contributed by atoms with Crippen molar-refractivity contribution >= 4 is 18.1 Å². The average molecular weight is 413 g/mol. The predicted molar refractivity (Wildman–Crippen MR) is 119 cm³/mol. The van der Waals surface area contributed by atoms with Gasteiger partial charge in [-0.3, -0.25) is 0 Å². The van der Waals surface area contributed by atoms with Gasteiger partial charge in [0.2, 0.25) is 0 Å². The van der Waals surface area contributed by atoms with Crippen molar-refractivity contribution in [3.05, 3.63) is 107 Å². The molecule has 0 aromatic heterocycles. The van der Waals surface area contributed by atoms with Gasteiger partial charge < -0.3 is 14.8 Å². The Labute approximate surface area is 181 Å². The highest BCUT2D eigenvalue weighted by atomic mass is 16.6. The van der Waals surface area contributed by atoms with Crippen molar-refractivity contribution in [2.75, 3.05) is 14.2 Å². The van der Waals surface area contributed by atoms with E-state index in [0.717, 1.165) is 16.7 Å². The summed E-state index contributed by atoms with van der Waals surface area (Å²) in [5, 5.41) is 2.40. The number of rotatable bonds is 4. The first kappa shape index (κ1) is 20.4. The molecule has 0 heterocycles. The molecule has 5 nitrogen and oxygen atoms in total. The lowest BCUT2D eigenvalue weighted by atomic mass is 9.67. The zero-order valence-electron chi connectivity index (χ0n) is 17.4. The van der Waals surface area contributed by atoms with Gasteiger partial charge in [-0.25, -0.2) is 9.59 Å². The van der Waals surface area contributed by atoms with Crippen LogP contribution in [0.4, 0.5) is 4.79 Å². The maximum atomic E-state index is 12.6. The van der Waals surface area contributed by atoms with Crippen molar-refractivity contribution < 1.29 is 19.1 Å². The summed E-state index contributed by atoms with van der Waals surface area (Å²) in [6.45, 7) is 0. The van der Waals surface area contributed by atoms with Crippen molar-refractivity contribution in [3.63, 3.8) is 0 Å². The summed E-state index contributed by atoms with van der Waals surface area (Å²) in [6.07, 6.45) is 4.06. The summed E-state index contributed by atoms with van der Waals surface area (Å²) in [5.74, 6) is -0.381. The van der Waals surface area contributed by atoms with Crippen LogP contribution in [0.25, 0.3) is 6.08 Å². The lowest BCUT2D eigenvalue weighted by Gasteiger charge is -2.36. The molecule has 3 aromatic rings. The van der Waals surface area contributed by atoms with Gasteiger partial charge in [0, 0.05) is 12.5 Å². The highest BCUT2D eigenvalue weighted by Gasteiger charge is 2.36. The zero-order chi connectivity index (χ0) is 21.8. The smallest absolute Gasteiger partial charge is 0.412 e. The van der Waals surface area contributed by atoms with Gasteiger partial charge in [0.1, 0.15) is 11.3 Å². The van der Waals surface area contributed by atoms with Gasteiger partial charge in [-0.05, 0) is 34.7 Å². The van der Waals surface area contributed by atoms with E-state index in [1.807, 2.05) is 48.5 Å². The fourth-order valence-electron chi connectivity index (χ4n) is 4.16. The molecule has 0 fully saturated rings. The maximum Gasteiger partial charge on any atom is 0.412 e. The highest BCUT2D eigenvalue weighted by Crippen LogP contribution is 2.43. The van der Waals surface area contributed by atoms with Gasteiger partial charge in [-0.15, -0.1) is 0 Å². The van der Waals surface area contributed by atoms with Crippen molar-refractivity contribution in [2.45, 2.75) is 11.8 Å². The number of hydrogen-bond acceptors (Lipinski definition) is 4. The van der Waals surface area contributed by atoms with Crippen LogP contribution in [0.1, 0.15) is 32.6 Å². The number of carbonyl (C=O) groups is 2. The summed E-state index contributed by atoms with van der Waals surface area (Å²) >= 11 is 0. The van der Waals surface area contributed by atoms with Gasteiger partial charge in [0.05, 0.1) is 7.11 Å². The molecule has 0 saturated carbocycles. The molecule has 4 rings (SSSR count). The van der Waals surface area contributed by atoms with E-state index >= 15 is 0 Å². The van der Waals surface area contributed by atoms with Gasteiger partial charge in [-0.1, -0.05) is 78.9 Å². The number of methoxy groups -OCH3 is 1. The molecule has 31 heavy (non-hydrogen) atoms. The molecule has 156 valence electrons. The Kier molecular flexibility index (Phi) is 5.58. The quantitative estimate of drug-likeness (QED) is 0.627. The Hall–Kier alpha value is -3.86. The summed E-state index contributed by atoms with van der Waals surface area (Å²) in [6, 6.07) is 24.2. The normalized spacial score (nSPS) is 13.7. The third kappa shape index (κ3) is 3.70. The van der Waals surface area contributed by atoms with Crippen molar-refractivity contribution in [2.24, 2.45) is 0 Å². The number of ether oxygens (including phenoxy) is 2. The summed E-state index contributed by atoms with van der Waals surface area (Å²) in [7, 11) is 2.78. The van der Waals surface area contributed by atoms with E-state index in [2.05, 4.69) is 35.7 Å². The lowest BCUT2D eigenvalue weighted by Crippen LogP contribution is -2.31. The Balaban J connectivity index is 1.89. The number of allylic oxidation sites excluding steroid dienone is 1. The molecule has 1 aliphatic carbocycles. The van der Waals surface area contributed by atoms with Crippen LogP contribution in [0, 0.1) is 0 Å². The molecular formula is C26H23NO4. The van der Waals surface area contributed by atoms with Crippen molar-refractivity contribution in [1.29, 1.82) is 0 Å². The fourth-order valence-corrected chi connectivity index (χ4v) is 4.16. The Morgan fingerprint density at radius 1 is 0.903 bits per heavy atom. The topological polar surface area (TPSA) is 64.6 Å². The van der Waals surface area contributed by atoms with E-state index < -0.39 is 12.1 Å². The number of carbonyl (C=O) groups excluding carboxylic acids is 2. The van der Waals surface area contributed by atoms with Crippen LogP contribution in [-0.4, -0.2) is 26.2 Å². The summed E-state index contributed by atoms with van der Waals surface area (Å²) in [5.41, 5.74) is 3.86. The zero-order valence-corrected chi connectivity index (χ0v) is 17.4. The van der Waals surface area contributed by atoms with Crippen LogP contribution < -0.4 is 10.1 Å². The minimum absolute atomic E-state index is 0.168. The first-order chi connectivity index (χ1) is 15.1. The van der Waals surface area contributed by atoms with E-state index in [1.54, 1.807) is 6.07 Å². The number of hydrogen-bond donors (Lipinski definition) is 1. The monoisotopic (exact) mass is 413 g/mol. The Bertz CT molecular complexity index is 1100. The number of nitrogens with one attached hydrogen (secondary N) is 1. The number of fused-ring (bicyclic) bond motifs is 1. The molecule has 0 radical (unpaired) electrons. The third-order valence-corrected chi connectivity index (χ3v) is 5.68. The lowest BCUT2D eigenvalue weighted by molar-refractivity contribution is 0.0597. The molecule has 1 aliphatic rings. The Morgan fingerprint density at radius 3 is 2.06 bits per heavy atom. The van der Waals surface area contributed by atoms with Crippen LogP contribution >= 0.6 is 0 Å². The first-order valence-corrected chi connectivity index (χ1v) is 10.0. The van der Waals surface area contributed by atoms with Crippen LogP contribution in [0.5, 0.6) is 5.75 Å². The second kappa shape index (κ2) is 8.48. The number of benzene rings is 3. The van der Waals surface area contributed by atoms with Crippen LogP contribution in [-0.2, 0) is 16.6 Å². The maximum absolute atomic E-state index is 12.6. The minimum Gasteiger partial charge on any atom is -0.465 e. The SMILES string of the molecule is CNC(=O)Oc1ccc2c(c1C(=O)OC)C=CC(c1ccccc1)(c1ccccc1)C2. The van der Waals surface area contributed by atoms with Gasteiger partial charge in [0.25, 0.3) is 0 Å². The summed E-state index contributed by atoms with van der Waals surface area (Å²) < 4.78 is 10.3. The molecular weight excluding hydrogens is 390 g/mol. The van der Waals surface area contributed by atoms with Crippen molar-refractivity contribution in [3.8, 4) is 5.75 Å². The van der Waals surface area contributed by atoms with Crippen LogP contribution in [0.2, 0.25) is 0 Å². The molecule has 0 atom stereocenters. The van der Waals surface area contributed by atoms with Crippen LogP contribution in [0.15, 0.2) is 78.9 Å². The van der Waals surface area contributed by atoms with Crippen molar-refractivity contribution in [1.82, 2.24) is 5.32 Å². The first-order valence-electron chi connectivity index (χ1n) is 10.0. The molecule has 5 heteroatoms. The fraction of sp³-hybridized carbons (Fsp3) is 0.154. The molecule has 1 amide bonds. The molecule has 3 aromatic carbocycles. The van der Waals surface area contributed by atoms with E-state index in [0.29, 0.717) is 12.0 Å². The number of amides is 1. The molecule has 0 bridgehead atoms. The standard InChI is InChI=1S/C26H23NO4/c1-27-25(29)31-22-14-13-18-17-26(19-9-5-3-6-10-19,20-11-7-4-8-12-20)16-15-21(18)23(22)24(28)30-2/h3-16H,17H2,1-2H3,(H,27,29). The third-order valence-electron chi connectivity index (χ3n) is 5.68. The van der Waals surface area contributed by atoms with Gasteiger partial charge in [0.15, 0.2) is 0 Å². The molecule has 0 spiro atoms. The van der Waals surface area contributed by atoms with Gasteiger partial charge in [-0.2, -0.15) is 0 Å². The second-order valence-electron chi connectivity index (χ2n) is 7.36. The predicted octanol–water partition coefficient (Wildman–Crippen LogP) is 4.75. The van der Waals surface area contributed by atoms with E-state index in [-0.39, 0.29) is 16.7 Å². The molecule has 0 aliphatic heterocycles. The second-order valence-corrected chi connectivity index (χ2v) is 7.36. The molecule has 0 unspecified atom stereocenters. The molecule has 0 saturated heterocycles. The van der Waals surface area contributed by atoms with Gasteiger partial charge >= 0.3 is 12.1 Å². The highest BCUT2D eigenvalue weighted by molar-refractivity contribution is 5.98.